The Kier molecular flexibility index (Phi) is 2.21. The van der Waals surface area contributed by atoms with E-state index in [9.17, 15) is 0 Å². The van der Waals surface area contributed by atoms with Gasteiger partial charge in [0.05, 0.1) is 17.1 Å². The quantitative estimate of drug-likeness (QED) is 0.795. The molecule has 0 saturated carbocycles. The first-order valence-electron chi connectivity index (χ1n) is 5.84. The van der Waals surface area contributed by atoms with Crippen molar-refractivity contribution >= 4 is 11.0 Å². The summed E-state index contributed by atoms with van der Waals surface area (Å²) in [6.07, 6.45) is 2.71. The van der Waals surface area contributed by atoms with Gasteiger partial charge in [-0.25, -0.2) is 4.98 Å². The van der Waals surface area contributed by atoms with Crippen molar-refractivity contribution in [3.8, 4) is 0 Å². The lowest BCUT2D eigenvalue weighted by Gasteiger charge is -2.06. The molecule has 1 aliphatic rings. The van der Waals surface area contributed by atoms with Crippen molar-refractivity contribution in [2.75, 3.05) is 0 Å². The SMILES string of the molecule is Cc1ccc2nc(C3CCC(C)O3)[nH]c2c1. The zero-order valence-corrected chi connectivity index (χ0v) is 9.66. The fourth-order valence-corrected chi connectivity index (χ4v) is 2.30. The van der Waals surface area contributed by atoms with Crippen LogP contribution < -0.4 is 0 Å². The van der Waals surface area contributed by atoms with Crippen LogP contribution in [0.1, 0.15) is 37.3 Å². The fraction of sp³-hybridized carbons (Fsp3) is 0.462. The first-order chi connectivity index (χ1) is 7.72. The Hall–Kier alpha value is -1.35. The van der Waals surface area contributed by atoms with Crippen LogP contribution in [0, 0.1) is 6.92 Å². The molecule has 0 aliphatic carbocycles. The highest BCUT2D eigenvalue weighted by molar-refractivity contribution is 5.75. The Bertz CT molecular complexity index is 518. The molecule has 0 amide bonds. The summed E-state index contributed by atoms with van der Waals surface area (Å²) >= 11 is 0. The number of ether oxygens (including phenoxy) is 1. The molecule has 16 heavy (non-hydrogen) atoms. The third-order valence-electron chi connectivity index (χ3n) is 3.19. The predicted octanol–water partition coefficient (Wildman–Crippen LogP) is 3.11. The lowest BCUT2D eigenvalue weighted by Crippen LogP contribution is -2.02. The van der Waals surface area contributed by atoms with E-state index in [1.54, 1.807) is 0 Å². The number of nitrogens with one attached hydrogen (secondary N) is 1. The average molecular weight is 216 g/mol. The highest BCUT2D eigenvalue weighted by Crippen LogP contribution is 2.31. The monoisotopic (exact) mass is 216 g/mol. The van der Waals surface area contributed by atoms with Gasteiger partial charge in [-0.2, -0.15) is 0 Å². The van der Waals surface area contributed by atoms with Crippen LogP contribution in [0.25, 0.3) is 11.0 Å². The number of aryl methyl sites for hydroxylation is 1. The second-order valence-electron chi connectivity index (χ2n) is 4.66. The maximum Gasteiger partial charge on any atom is 0.136 e. The van der Waals surface area contributed by atoms with Gasteiger partial charge in [-0.1, -0.05) is 6.07 Å². The second kappa shape index (κ2) is 3.59. The summed E-state index contributed by atoms with van der Waals surface area (Å²) in [6.45, 7) is 4.21. The smallest absolute Gasteiger partial charge is 0.136 e. The normalized spacial score (nSPS) is 25.4. The molecule has 0 bridgehead atoms. The molecule has 2 unspecified atom stereocenters. The second-order valence-corrected chi connectivity index (χ2v) is 4.66. The lowest BCUT2D eigenvalue weighted by molar-refractivity contribution is 0.0510. The number of rotatable bonds is 1. The third-order valence-corrected chi connectivity index (χ3v) is 3.19. The van der Waals surface area contributed by atoms with Gasteiger partial charge < -0.3 is 9.72 Å². The molecule has 0 spiro atoms. The number of hydrogen-bond donors (Lipinski definition) is 1. The van der Waals surface area contributed by atoms with Crippen molar-refractivity contribution in [2.45, 2.75) is 38.9 Å². The standard InChI is InChI=1S/C13H16N2O/c1-8-3-5-10-11(7-8)15-13(14-10)12-6-4-9(2)16-12/h3,5,7,9,12H,4,6H2,1-2H3,(H,14,15). The summed E-state index contributed by atoms with van der Waals surface area (Å²) in [5, 5.41) is 0. The molecule has 0 radical (unpaired) electrons. The molecule has 2 atom stereocenters. The van der Waals surface area contributed by atoms with Crippen LogP contribution in [0.15, 0.2) is 18.2 Å². The highest BCUT2D eigenvalue weighted by atomic mass is 16.5. The summed E-state index contributed by atoms with van der Waals surface area (Å²) in [5.41, 5.74) is 3.39. The van der Waals surface area contributed by atoms with Crippen molar-refractivity contribution in [3.63, 3.8) is 0 Å². The van der Waals surface area contributed by atoms with Gasteiger partial charge in [-0.3, -0.25) is 0 Å². The topological polar surface area (TPSA) is 37.9 Å². The Morgan fingerprint density at radius 3 is 3.00 bits per heavy atom. The van der Waals surface area contributed by atoms with Gasteiger partial charge in [0, 0.05) is 0 Å². The van der Waals surface area contributed by atoms with Crippen molar-refractivity contribution in [3.05, 3.63) is 29.6 Å². The maximum absolute atomic E-state index is 5.81. The van der Waals surface area contributed by atoms with Gasteiger partial charge in [0.25, 0.3) is 0 Å². The van der Waals surface area contributed by atoms with Gasteiger partial charge >= 0.3 is 0 Å². The Labute approximate surface area is 94.8 Å². The molecular weight excluding hydrogens is 200 g/mol. The molecule has 1 aromatic heterocycles. The first-order valence-corrected chi connectivity index (χ1v) is 5.84. The minimum absolute atomic E-state index is 0.155. The van der Waals surface area contributed by atoms with E-state index in [1.165, 1.54) is 5.56 Å². The molecule has 2 heterocycles. The number of fused-ring (bicyclic) bond motifs is 1. The van der Waals surface area contributed by atoms with E-state index in [-0.39, 0.29) is 6.10 Å². The van der Waals surface area contributed by atoms with E-state index in [2.05, 4.69) is 42.0 Å². The van der Waals surface area contributed by atoms with Crippen LogP contribution in [0.4, 0.5) is 0 Å². The Morgan fingerprint density at radius 2 is 2.25 bits per heavy atom. The van der Waals surface area contributed by atoms with Gasteiger partial charge in [0.2, 0.25) is 0 Å². The van der Waals surface area contributed by atoms with Crippen LogP contribution in [0.3, 0.4) is 0 Å². The maximum atomic E-state index is 5.81. The molecule has 3 heteroatoms. The summed E-state index contributed by atoms with van der Waals surface area (Å²) < 4.78 is 5.81. The predicted molar refractivity (Wildman–Crippen MR) is 63.4 cm³/mol. The van der Waals surface area contributed by atoms with Gasteiger partial charge in [-0.05, 0) is 44.4 Å². The number of aromatic nitrogens is 2. The molecule has 1 fully saturated rings. The zero-order valence-electron chi connectivity index (χ0n) is 9.66. The van der Waals surface area contributed by atoms with Crippen LogP contribution in [0.2, 0.25) is 0 Å². The van der Waals surface area contributed by atoms with E-state index >= 15 is 0 Å². The van der Waals surface area contributed by atoms with Crippen LogP contribution in [0.5, 0.6) is 0 Å². The van der Waals surface area contributed by atoms with E-state index < -0.39 is 0 Å². The first kappa shape index (κ1) is 9.85. The number of nitrogens with zero attached hydrogens (tertiary/aromatic N) is 1. The summed E-state index contributed by atoms with van der Waals surface area (Å²) in [5.74, 6) is 0.977. The molecule has 84 valence electrons. The summed E-state index contributed by atoms with van der Waals surface area (Å²) in [6, 6.07) is 6.28. The average Bonchev–Trinajstić information content (AvgIpc) is 2.83. The van der Waals surface area contributed by atoms with Crippen LogP contribution in [-0.4, -0.2) is 16.1 Å². The number of imidazole rings is 1. The minimum Gasteiger partial charge on any atom is -0.367 e. The fourth-order valence-electron chi connectivity index (χ4n) is 2.30. The summed E-state index contributed by atoms with van der Waals surface area (Å²) in [7, 11) is 0. The van der Waals surface area contributed by atoms with E-state index in [0.29, 0.717) is 6.10 Å². The van der Waals surface area contributed by atoms with Crippen LogP contribution >= 0.6 is 0 Å². The Morgan fingerprint density at radius 1 is 1.38 bits per heavy atom. The van der Waals surface area contributed by atoms with Gasteiger partial charge in [0.15, 0.2) is 0 Å². The van der Waals surface area contributed by atoms with Crippen molar-refractivity contribution < 1.29 is 4.74 Å². The van der Waals surface area contributed by atoms with E-state index in [0.717, 1.165) is 29.7 Å². The zero-order chi connectivity index (χ0) is 11.1. The third kappa shape index (κ3) is 1.61. The largest absolute Gasteiger partial charge is 0.367 e. The molecule has 3 rings (SSSR count). The van der Waals surface area contributed by atoms with Crippen LogP contribution in [-0.2, 0) is 4.74 Å². The number of H-pyrrole nitrogens is 1. The summed E-state index contributed by atoms with van der Waals surface area (Å²) in [4.78, 5) is 7.95. The van der Waals surface area contributed by atoms with Crippen molar-refractivity contribution in [2.24, 2.45) is 0 Å². The number of benzene rings is 1. The van der Waals surface area contributed by atoms with Gasteiger partial charge in [0.1, 0.15) is 11.9 Å². The molecule has 1 aliphatic heterocycles. The van der Waals surface area contributed by atoms with Crippen molar-refractivity contribution in [1.82, 2.24) is 9.97 Å². The lowest BCUT2D eigenvalue weighted by atomic mass is 10.2. The van der Waals surface area contributed by atoms with Gasteiger partial charge in [-0.15, -0.1) is 0 Å². The van der Waals surface area contributed by atoms with Crippen molar-refractivity contribution in [1.29, 1.82) is 0 Å². The number of hydrogen-bond acceptors (Lipinski definition) is 2. The van der Waals surface area contributed by atoms with E-state index in [4.69, 9.17) is 4.74 Å². The molecule has 2 aromatic rings. The molecular formula is C13H16N2O. The minimum atomic E-state index is 0.155. The molecule has 3 nitrogen and oxygen atoms in total. The molecule has 1 N–H and O–H groups in total. The molecule has 1 aromatic carbocycles. The number of aromatic amines is 1. The van der Waals surface area contributed by atoms with E-state index in [1.807, 2.05) is 0 Å². The molecule has 1 saturated heterocycles. The highest BCUT2D eigenvalue weighted by Gasteiger charge is 2.25. The Balaban J connectivity index is 1.99.